The number of hydrogen-bond donors (Lipinski definition) is 0. The molecule has 7 heteroatoms. The third-order valence-electron chi connectivity index (χ3n) is 4.82. The van der Waals surface area contributed by atoms with Crippen molar-refractivity contribution >= 4 is 5.69 Å². The summed E-state index contributed by atoms with van der Waals surface area (Å²) in [6.45, 7) is 4.55. The molecule has 0 atom stereocenters. The van der Waals surface area contributed by atoms with Crippen LogP contribution in [0.3, 0.4) is 0 Å². The van der Waals surface area contributed by atoms with Gasteiger partial charge in [0.25, 0.3) is 0 Å². The van der Waals surface area contributed by atoms with E-state index in [1.807, 2.05) is 31.2 Å². The third-order valence-corrected chi connectivity index (χ3v) is 4.82. The van der Waals surface area contributed by atoms with Crippen molar-refractivity contribution in [2.45, 2.75) is 6.92 Å². The summed E-state index contributed by atoms with van der Waals surface area (Å²) >= 11 is 0. The van der Waals surface area contributed by atoms with Gasteiger partial charge in [-0.2, -0.15) is 9.78 Å². The predicted octanol–water partition coefficient (Wildman–Crippen LogP) is 3.18. The van der Waals surface area contributed by atoms with Gasteiger partial charge in [0.2, 0.25) is 5.75 Å². The first-order valence-corrected chi connectivity index (χ1v) is 9.49. The van der Waals surface area contributed by atoms with Crippen LogP contribution in [0.15, 0.2) is 59.5 Å². The van der Waals surface area contributed by atoms with Gasteiger partial charge in [-0.1, -0.05) is 17.7 Å². The molecule has 0 N–H and O–H groups in total. The van der Waals surface area contributed by atoms with Crippen LogP contribution >= 0.6 is 0 Å². The minimum Gasteiger partial charge on any atom is -0.497 e. The van der Waals surface area contributed by atoms with Gasteiger partial charge in [-0.05, 0) is 43.3 Å². The van der Waals surface area contributed by atoms with Crippen LogP contribution in [0.4, 0.5) is 5.69 Å². The third kappa shape index (κ3) is 4.09. The number of ether oxygens (including phenoxy) is 3. The molecule has 0 spiro atoms. The SMILES string of the molecule is COc1ccc(Oc2c(N3CCOCC3)cnn(-c3ccc(C)cc3)c2=O)cc1. The average Bonchev–Trinajstić information content (AvgIpc) is 2.77. The van der Waals surface area contributed by atoms with Gasteiger partial charge in [0.15, 0.2) is 0 Å². The van der Waals surface area contributed by atoms with Crippen LogP contribution in [0.25, 0.3) is 5.69 Å². The number of morpholine rings is 1. The van der Waals surface area contributed by atoms with Gasteiger partial charge in [0, 0.05) is 13.1 Å². The van der Waals surface area contributed by atoms with E-state index >= 15 is 0 Å². The maximum atomic E-state index is 13.3. The summed E-state index contributed by atoms with van der Waals surface area (Å²) in [6.07, 6.45) is 1.69. The van der Waals surface area contributed by atoms with Crippen LogP contribution in [0.2, 0.25) is 0 Å². The van der Waals surface area contributed by atoms with Crippen LogP contribution in [0, 0.1) is 6.92 Å². The minimum atomic E-state index is -0.311. The highest BCUT2D eigenvalue weighted by molar-refractivity contribution is 5.58. The van der Waals surface area contributed by atoms with Crippen molar-refractivity contribution in [1.29, 1.82) is 0 Å². The summed E-state index contributed by atoms with van der Waals surface area (Å²) in [6, 6.07) is 14.8. The van der Waals surface area contributed by atoms with E-state index in [9.17, 15) is 4.79 Å². The van der Waals surface area contributed by atoms with E-state index in [0.717, 1.165) is 11.3 Å². The molecule has 4 rings (SSSR count). The van der Waals surface area contributed by atoms with E-state index in [1.54, 1.807) is 37.6 Å². The Bertz CT molecular complexity index is 1020. The number of benzene rings is 2. The van der Waals surface area contributed by atoms with Crippen molar-refractivity contribution < 1.29 is 14.2 Å². The number of aromatic nitrogens is 2. The number of rotatable bonds is 5. The first kappa shape index (κ1) is 19.0. The summed E-state index contributed by atoms with van der Waals surface area (Å²) in [7, 11) is 1.61. The molecule has 1 aromatic heterocycles. The summed E-state index contributed by atoms with van der Waals surface area (Å²) in [4.78, 5) is 15.4. The van der Waals surface area contributed by atoms with E-state index in [-0.39, 0.29) is 11.3 Å². The Labute approximate surface area is 169 Å². The lowest BCUT2D eigenvalue weighted by Gasteiger charge is -2.29. The molecule has 7 nitrogen and oxygen atoms in total. The highest BCUT2D eigenvalue weighted by Gasteiger charge is 2.21. The molecule has 29 heavy (non-hydrogen) atoms. The summed E-state index contributed by atoms with van der Waals surface area (Å²) < 4.78 is 18.1. The molecule has 150 valence electrons. The van der Waals surface area contributed by atoms with Gasteiger partial charge in [-0.15, -0.1) is 0 Å². The molecule has 1 aliphatic rings. The summed E-state index contributed by atoms with van der Waals surface area (Å²) in [5, 5.41) is 4.40. The van der Waals surface area contributed by atoms with E-state index in [4.69, 9.17) is 14.2 Å². The number of aryl methyl sites for hydroxylation is 1. The molecule has 1 fully saturated rings. The Kier molecular flexibility index (Phi) is 5.48. The van der Waals surface area contributed by atoms with Gasteiger partial charge in [0.05, 0.1) is 32.2 Å². The lowest BCUT2D eigenvalue weighted by atomic mass is 10.2. The monoisotopic (exact) mass is 393 g/mol. The fourth-order valence-corrected chi connectivity index (χ4v) is 3.19. The molecular formula is C22H23N3O4. The Hall–Kier alpha value is -3.32. The zero-order chi connectivity index (χ0) is 20.2. The van der Waals surface area contributed by atoms with E-state index < -0.39 is 0 Å². The van der Waals surface area contributed by atoms with Crippen molar-refractivity contribution in [3.63, 3.8) is 0 Å². The zero-order valence-electron chi connectivity index (χ0n) is 16.5. The minimum absolute atomic E-state index is 0.243. The predicted molar refractivity (Wildman–Crippen MR) is 111 cm³/mol. The molecule has 0 radical (unpaired) electrons. The Balaban J connectivity index is 1.77. The molecular weight excluding hydrogens is 370 g/mol. The number of anilines is 1. The fraction of sp³-hybridized carbons (Fsp3) is 0.273. The number of methoxy groups -OCH3 is 1. The second-order valence-electron chi connectivity index (χ2n) is 6.79. The standard InChI is InChI=1S/C22H23N3O4/c1-16-3-5-17(6-4-16)25-22(26)21(29-19-9-7-18(27-2)8-10-19)20(15-23-25)24-11-13-28-14-12-24/h3-10,15H,11-14H2,1-2H3. The Morgan fingerprint density at radius 1 is 0.966 bits per heavy atom. The molecule has 1 aliphatic heterocycles. The van der Waals surface area contributed by atoms with Gasteiger partial charge in [-0.25, -0.2) is 0 Å². The van der Waals surface area contributed by atoms with Crippen molar-refractivity contribution in [3.8, 4) is 22.9 Å². The zero-order valence-corrected chi connectivity index (χ0v) is 16.5. The fourth-order valence-electron chi connectivity index (χ4n) is 3.19. The number of nitrogens with zero attached hydrogens (tertiary/aromatic N) is 3. The second-order valence-corrected chi connectivity index (χ2v) is 6.79. The first-order valence-electron chi connectivity index (χ1n) is 9.49. The van der Waals surface area contributed by atoms with E-state index in [2.05, 4.69) is 10.00 Å². The van der Waals surface area contributed by atoms with Crippen molar-refractivity contribution in [3.05, 3.63) is 70.6 Å². The highest BCUT2D eigenvalue weighted by Crippen LogP contribution is 2.30. The van der Waals surface area contributed by atoms with Crippen molar-refractivity contribution in [2.24, 2.45) is 0 Å². The summed E-state index contributed by atoms with van der Waals surface area (Å²) in [5.74, 6) is 1.52. The lowest BCUT2D eigenvalue weighted by Crippen LogP contribution is -2.38. The Morgan fingerprint density at radius 3 is 2.28 bits per heavy atom. The molecule has 0 aliphatic carbocycles. The average molecular weight is 393 g/mol. The van der Waals surface area contributed by atoms with E-state index in [0.29, 0.717) is 43.4 Å². The maximum absolute atomic E-state index is 13.3. The van der Waals surface area contributed by atoms with Gasteiger partial charge in [0.1, 0.15) is 17.2 Å². The molecule has 0 amide bonds. The van der Waals surface area contributed by atoms with Gasteiger partial charge >= 0.3 is 5.56 Å². The normalized spacial score (nSPS) is 13.9. The van der Waals surface area contributed by atoms with Crippen LogP contribution in [0.1, 0.15) is 5.56 Å². The maximum Gasteiger partial charge on any atom is 0.316 e. The summed E-state index contributed by atoms with van der Waals surface area (Å²) in [5.41, 5.74) is 2.15. The molecule has 2 aromatic carbocycles. The smallest absolute Gasteiger partial charge is 0.316 e. The van der Waals surface area contributed by atoms with Crippen LogP contribution in [-0.2, 0) is 4.74 Å². The Morgan fingerprint density at radius 2 is 1.62 bits per heavy atom. The largest absolute Gasteiger partial charge is 0.497 e. The number of hydrogen-bond acceptors (Lipinski definition) is 6. The topological polar surface area (TPSA) is 65.8 Å². The molecule has 1 saturated heterocycles. The highest BCUT2D eigenvalue weighted by atomic mass is 16.5. The van der Waals surface area contributed by atoms with Gasteiger partial charge in [-0.3, -0.25) is 4.79 Å². The molecule has 2 heterocycles. The molecule has 3 aromatic rings. The van der Waals surface area contributed by atoms with Crippen LogP contribution < -0.4 is 19.9 Å². The lowest BCUT2D eigenvalue weighted by molar-refractivity contribution is 0.122. The van der Waals surface area contributed by atoms with Crippen molar-refractivity contribution in [1.82, 2.24) is 9.78 Å². The van der Waals surface area contributed by atoms with E-state index in [1.165, 1.54) is 4.68 Å². The molecule has 0 unspecified atom stereocenters. The van der Waals surface area contributed by atoms with Gasteiger partial charge < -0.3 is 19.1 Å². The van der Waals surface area contributed by atoms with Crippen LogP contribution in [0.5, 0.6) is 17.2 Å². The first-order chi connectivity index (χ1) is 14.2. The molecule has 0 saturated carbocycles. The second kappa shape index (κ2) is 8.36. The quantitative estimate of drug-likeness (QED) is 0.663. The van der Waals surface area contributed by atoms with Crippen molar-refractivity contribution in [2.75, 3.05) is 38.3 Å². The molecule has 0 bridgehead atoms. The van der Waals surface area contributed by atoms with Crippen LogP contribution in [-0.4, -0.2) is 43.2 Å².